The lowest BCUT2D eigenvalue weighted by atomic mass is 10.1. The van der Waals surface area contributed by atoms with Crippen molar-refractivity contribution in [3.63, 3.8) is 0 Å². The van der Waals surface area contributed by atoms with E-state index in [0.29, 0.717) is 24.5 Å². The highest BCUT2D eigenvalue weighted by molar-refractivity contribution is 8.01. The molecule has 0 atom stereocenters. The largest absolute Gasteiger partial charge is 0.493 e. The fraction of sp³-hybridized carbons (Fsp3) is 0.296. The Balaban J connectivity index is 1.32. The summed E-state index contributed by atoms with van der Waals surface area (Å²) in [5.41, 5.74) is 4.83. The van der Waals surface area contributed by atoms with Crippen LogP contribution in [0.3, 0.4) is 0 Å². The number of hydrogen-bond donors (Lipinski definition) is 2. The van der Waals surface area contributed by atoms with E-state index in [9.17, 15) is 9.00 Å². The lowest BCUT2D eigenvalue weighted by Gasteiger charge is -2.24. The smallest absolute Gasteiger partial charge is 0.251 e. The summed E-state index contributed by atoms with van der Waals surface area (Å²) in [4.78, 5) is 15.9. The van der Waals surface area contributed by atoms with Crippen LogP contribution in [0.5, 0.6) is 11.5 Å². The Hall–Kier alpha value is -3.32. The van der Waals surface area contributed by atoms with Crippen LogP contribution in [-0.2, 0) is 22.9 Å². The number of nitrogens with zero attached hydrogens (tertiary/aromatic N) is 1. The molecule has 3 aromatic carbocycles. The third-order valence-electron chi connectivity index (χ3n) is 6.29. The van der Waals surface area contributed by atoms with E-state index in [1.54, 1.807) is 12.5 Å². The van der Waals surface area contributed by atoms with Gasteiger partial charge in [-0.25, -0.2) is 0 Å². The molecule has 6 nitrogen and oxygen atoms in total. The zero-order valence-corrected chi connectivity index (χ0v) is 20.4. The Kier molecular flexibility index (Phi) is 6.04. The average molecular weight is 479 g/mol. The second-order valence-electron chi connectivity index (χ2n) is 9.13. The fourth-order valence-electron chi connectivity index (χ4n) is 4.39. The molecule has 0 aliphatic carbocycles. The van der Waals surface area contributed by atoms with Crippen LogP contribution < -0.4 is 19.7 Å². The topological polar surface area (TPSA) is 67.9 Å². The minimum atomic E-state index is -2.28. The molecule has 0 spiro atoms. The number of anilines is 2. The number of benzene rings is 3. The second-order valence-corrected chi connectivity index (χ2v) is 12.3. The molecule has 7 heteroatoms. The highest BCUT2D eigenvalue weighted by Gasteiger charge is 2.22. The number of amides is 1. The van der Waals surface area contributed by atoms with E-state index in [1.165, 1.54) is 5.56 Å². The van der Waals surface area contributed by atoms with Crippen LogP contribution in [-0.4, -0.2) is 42.4 Å². The number of ether oxygens (including phenoxy) is 2. The molecule has 0 radical (unpaired) electrons. The first-order chi connectivity index (χ1) is 16.4. The van der Waals surface area contributed by atoms with E-state index in [0.717, 1.165) is 53.6 Å². The van der Waals surface area contributed by atoms with E-state index >= 15 is 0 Å². The summed E-state index contributed by atoms with van der Waals surface area (Å²) in [6.45, 7) is 2.58. The number of fused-ring (bicyclic) bond motifs is 2. The maximum Gasteiger partial charge on any atom is 0.251 e. The standard InChI is InChI=1S/C27H30N2O4S/c1-34(2,31)23-8-4-19(5-9-23)18-28-27(30)21-6-10-24-26(17-21)32-14-3-13-29(24)22-7-11-25-20(16-22)12-15-33-25/h4-11,16-17,34H,3,12-15,18H2,1-2H3,(H,28,30). The molecule has 0 fully saturated rings. The number of rotatable bonds is 5. The van der Waals surface area contributed by atoms with Crippen LogP contribution in [0.4, 0.5) is 11.4 Å². The average Bonchev–Trinajstić information content (AvgIpc) is 3.20. The molecule has 2 aliphatic heterocycles. The van der Waals surface area contributed by atoms with E-state index in [4.69, 9.17) is 9.47 Å². The number of carbonyl (C=O) groups excluding carboxylic acids is 1. The molecule has 5 rings (SSSR count). The van der Waals surface area contributed by atoms with Gasteiger partial charge < -0.3 is 19.7 Å². The third kappa shape index (κ3) is 4.66. The van der Waals surface area contributed by atoms with E-state index < -0.39 is 9.93 Å². The van der Waals surface area contributed by atoms with Crippen molar-refractivity contribution in [1.82, 2.24) is 5.32 Å². The van der Waals surface area contributed by atoms with Gasteiger partial charge in [0, 0.05) is 35.7 Å². The van der Waals surface area contributed by atoms with Crippen LogP contribution in [0.25, 0.3) is 0 Å². The molecule has 1 amide bonds. The second kappa shape index (κ2) is 9.14. The van der Waals surface area contributed by atoms with Crippen molar-refractivity contribution in [2.45, 2.75) is 24.3 Å². The highest BCUT2D eigenvalue weighted by atomic mass is 32.2. The molecule has 0 saturated heterocycles. The molecular weight excluding hydrogens is 448 g/mol. The van der Waals surface area contributed by atoms with Crippen LogP contribution in [0.2, 0.25) is 0 Å². The molecule has 0 bridgehead atoms. The Bertz CT molecular complexity index is 1270. The predicted molar refractivity (Wildman–Crippen MR) is 136 cm³/mol. The first kappa shape index (κ1) is 22.5. The molecule has 0 saturated carbocycles. The quantitative estimate of drug-likeness (QED) is 0.541. The van der Waals surface area contributed by atoms with Gasteiger partial charge in [-0.05, 0) is 78.6 Å². The van der Waals surface area contributed by atoms with Gasteiger partial charge in [0.2, 0.25) is 0 Å². The Morgan fingerprint density at radius 1 is 0.971 bits per heavy atom. The van der Waals surface area contributed by atoms with Gasteiger partial charge in [-0.1, -0.05) is 22.1 Å². The van der Waals surface area contributed by atoms with Gasteiger partial charge in [0.1, 0.15) is 11.5 Å². The minimum Gasteiger partial charge on any atom is -0.493 e. The summed E-state index contributed by atoms with van der Waals surface area (Å²) in [5.74, 6) is 1.53. The number of nitrogens with one attached hydrogen (secondary N) is 1. The first-order valence-corrected chi connectivity index (χ1v) is 14.2. The number of hydrogen-bond acceptors (Lipinski definition) is 5. The summed E-state index contributed by atoms with van der Waals surface area (Å²) >= 11 is 0. The molecule has 34 heavy (non-hydrogen) atoms. The molecular formula is C27H30N2O4S. The van der Waals surface area contributed by atoms with Crippen LogP contribution in [0.15, 0.2) is 65.6 Å². The van der Waals surface area contributed by atoms with Crippen LogP contribution >= 0.6 is 0 Å². The fourth-order valence-corrected chi connectivity index (χ4v) is 5.25. The molecule has 2 aliphatic rings. The minimum absolute atomic E-state index is 0.155. The zero-order valence-electron chi connectivity index (χ0n) is 19.5. The van der Waals surface area contributed by atoms with Crippen molar-refractivity contribution < 1.29 is 18.5 Å². The van der Waals surface area contributed by atoms with Crippen molar-refractivity contribution in [3.8, 4) is 11.5 Å². The Morgan fingerprint density at radius 2 is 1.76 bits per heavy atom. The SMILES string of the molecule is C[SH](C)(=O)c1ccc(CNC(=O)c2ccc3c(c2)OCCCN3c2ccc3c(c2)CCO3)cc1. The maximum absolute atomic E-state index is 12.9. The molecule has 2 heterocycles. The summed E-state index contributed by atoms with van der Waals surface area (Å²) < 4.78 is 23.9. The normalized spacial score (nSPS) is 15.4. The predicted octanol–water partition coefficient (Wildman–Crippen LogP) is 4.11. The van der Waals surface area contributed by atoms with E-state index in [2.05, 4.69) is 22.3 Å². The van der Waals surface area contributed by atoms with Gasteiger partial charge in [0.25, 0.3) is 5.91 Å². The Morgan fingerprint density at radius 3 is 2.56 bits per heavy atom. The first-order valence-electron chi connectivity index (χ1n) is 11.6. The van der Waals surface area contributed by atoms with Crippen LogP contribution in [0, 0.1) is 0 Å². The summed E-state index contributed by atoms with van der Waals surface area (Å²) in [6, 6.07) is 19.5. The third-order valence-corrected chi connectivity index (χ3v) is 7.83. The summed E-state index contributed by atoms with van der Waals surface area (Å²) in [5, 5.41) is 2.98. The van der Waals surface area contributed by atoms with E-state index in [-0.39, 0.29) is 5.91 Å². The zero-order chi connectivity index (χ0) is 23.7. The van der Waals surface area contributed by atoms with E-state index in [1.807, 2.05) is 48.5 Å². The lowest BCUT2D eigenvalue weighted by molar-refractivity contribution is 0.0950. The van der Waals surface area contributed by atoms with Crippen molar-refractivity contribution in [1.29, 1.82) is 0 Å². The number of thiol groups is 1. The Labute approximate surface area is 201 Å². The van der Waals surface area contributed by atoms with Crippen LogP contribution in [0.1, 0.15) is 27.9 Å². The summed E-state index contributed by atoms with van der Waals surface area (Å²) in [6.07, 6.45) is 5.33. The molecule has 1 N–H and O–H groups in total. The highest BCUT2D eigenvalue weighted by Crippen LogP contribution is 2.39. The monoisotopic (exact) mass is 478 g/mol. The molecule has 0 unspecified atom stereocenters. The molecule has 178 valence electrons. The molecule has 0 aromatic heterocycles. The van der Waals surface area contributed by atoms with Crippen molar-refractivity contribution in [2.75, 3.05) is 37.2 Å². The summed E-state index contributed by atoms with van der Waals surface area (Å²) in [7, 11) is -2.28. The van der Waals surface area contributed by atoms with Crippen molar-refractivity contribution >= 4 is 27.2 Å². The maximum atomic E-state index is 12.9. The van der Waals surface area contributed by atoms with Crippen molar-refractivity contribution in [2.24, 2.45) is 0 Å². The van der Waals surface area contributed by atoms with Gasteiger partial charge in [-0.3, -0.25) is 9.00 Å². The van der Waals surface area contributed by atoms with Crippen molar-refractivity contribution in [3.05, 3.63) is 77.4 Å². The van der Waals surface area contributed by atoms with Gasteiger partial charge in [-0.2, -0.15) is 0 Å². The number of carbonyl (C=O) groups is 1. The van der Waals surface area contributed by atoms with Gasteiger partial charge in [0.15, 0.2) is 0 Å². The molecule has 3 aromatic rings. The van der Waals surface area contributed by atoms with Gasteiger partial charge in [0.05, 0.1) is 18.9 Å². The van der Waals surface area contributed by atoms with Gasteiger partial charge >= 0.3 is 0 Å². The lowest BCUT2D eigenvalue weighted by Crippen LogP contribution is -2.23. The van der Waals surface area contributed by atoms with Gasteiger partial charge in [-0.15, -0.1) is 0 Å².